The largest absolute Gasteiger partial charge is 0.390 e. The highest BCUT2D eigenvalue weighted by atomic mass is 16.3. The molecule has 2 N–H and O–H groups in total. The van der Waals surface area contributed by atoms with Crippen molar-refractivity contribution in [3.8, 4) is 0 Å². The molecule has 3 nitrogen and oxygen atoms in total. The second-order valence-corrected chi connectivity index (χ2v) is 2.63. The number of hydrogen-bond acceptors (Lipinski definition) is 3. The molecule has 3 heteroatoms. The van der Waals surface area contributed by atoms with Crippen molar-refractivity contribution >= 4 is 5.71 Å². The summed E-state index contributed by atoms with van der Waals surface area (Å²) in [4.78, 5) is 2.05. The van der Waals surface area contributed by atoms with Crippen molar-refractivity contribution in [1.82, 2.24) is 4.90 Å². The maximum Gasteiger partial charge on any atom is 0.0794 e. The Morgan fingerprint density at radius 2 is 2.33 bits per heavy atom. The fourth-order valence-corrected chi connectivity index (χ4v) is 1.01. The van der Waals surface area contributed by atoms with Gasteiger partial charge in [0, 0.05) is 25.3 Å². The first kappa shape index (κ1) is 6.71. The molecule has 0 amide bonds. The molecule has 0 aromatic rings. The van der Waals surface area contributed by atoms with Crippen molar-refractivity contribution < 1.29 is 5.11 Å². The van der Waals surface area contributed by atoms with Gasteiger partial charge < -0.3 is 10.5 Å². The first-order valence-corrected chi connectivity index (χ1v) is 3.13. The van der Waals surface area contributed by atoms with Crippen LogP contribution in [0.1, 0.15) is 6.92 Å². The lowest BCUT2D eigenvalue weighted by Crippen LogP contribution is -2.52. The Balaban J connectivity index is 2.11. The molecule has 0 unspecified atom stereocenters. The summed E-state index contributed by atoms with van der Waals surface area (Å²) in [5.41, 5.74) is 0.668. The molecule has 0 aliphatic carbocycles. The number of rotatable bonds is 2. The third kappa shape index (κ3) is 1.77. The van der Waals surface area contributed by atoms with Crippen LogP contribution in [0, 0.1) is 5.41 Å². The molecule has 0 saturated carbocycles. The fraction of sp³-hybridized carbons (Fsp3) is 0.833. The van der Waals surface area contributed by atoms with Gasteiger partial charge in [-0.3, -0.25) is 4.90 Å². The van der Waals surface area contributed by atoms with Crippen LogP contribution in [0.2, 0.25) is 0 Å². The molecule has 1 aliphatic rings. The van der Waals surface area contributed by atoms with Gasteiger partial charge in [0.05, 0.1) is 6.10 Å². The summed E-state index contributed by atoms with van der Waals surface area (Å²) in [6, 6.07) is 0. The van der Waals surface area contributed by atoms with E-state index in [-0.39, 0.29) is 6.10 Å². The molecule has 1 saturated heterocycles. The quantitative estimate of drug-likeness (QED) is 0.502. The lowest BCUT2D eigenvalue weighted by Gasteiger charge is -2.35. The monoisotopic (exact) mass is 128 g/mol. The molecule has 0 radical (unpaired) electrons. The zero-order chi connectivity index (χ0) is 6.85. The summed E-state index contributed by atoms with van der Waals surface area (Å²) in [5.74, 6) is 0. The summed E-state index contributed by atoms with van der Waals surface area (Å²) >= 11 is 0. The van der Waals surface area contributed by atoms with Crippen LogP contribution in [0.25, 0.3) is 0 Å². The Morgan fingerprint density at radius 1 is 1.78 bits per heavy atom. The minimum Gasteiger partial charge on any atom is -0.390 e. The number of β-amino-alcohol motifs (C(OH)–C–C–N with tert-alkyl or cyclic N) is 1. The highest BCUT2D eigenvalue weighted by Crippen LogP contribution is 2.05. The first-order chi connectivity index (χ1) is 4.18. The van der Waals surface area contributed by atoms with E-state index in [1.807, 2.05) is 4.90 Å². The van der Waals surface area contributed by atoms with Crippen LogP contribution in [0.4, 0.5) is 0 Å². The van der Waals surface area contributed by atoms with Crippen molar-refractivity contribution in [2.75, 3.05) is 19.6 Å². The van der Waals surface area contributed by atoms with Gasteiger partial charge in [0.1, 0.15) is 0 Å². The predicted molar refractivity (Wildman–Crippen MR) is 35.8 cm³/mol. The SMILES string of the molecule is CC(=N)CN1CC(O)C1. The van der Waals surface area contributed by atoms with Crippen LogP contribution in [0.3, 0.4) is 0 Å². The molecular weight excluding hydrogens is 116 g/mol. The van der Waals surface area contributed by atoms with E-state index in [2.05, 4.69) is 0 Å². The molecule has 1 aliphatic heterocycles. The Bertz CT molecular complexity index is 118. The number of nitrogens with one attached hydrogen (secondary N) is 1. The second kappa shape index (κ2) is 2.45. The number of nitrogens with zero attached hydrogens (tertiary/aromatic N) is 1. The van der Waals surface area contributed by atoms with E-state index in [0.29, 0.717) is 5.71 Å². The van der Waals surface area contributed by atoms with Crippen molar-refractivity contribution in [1.29, 1.82) is 5.41 Å². The van der Waals surface area contributed by atoms with Crippen LogP contribution in [-0.2, 0) is 0 Å². The smallest absolute Gasteiger partial charge is 0.0794 e. The number of aliphatic hydroxyl groups excluding tert-OH is 1. The topological polar surface area (TPSA) is 47.3 Å². The Morgan fingerprint density at radius 3 is 2.67 bits per heavy atom. The Hall–Kier alpha value is -0.410. The van der Waals surface area contributed by atoms with E-state index in [4.69, 9.17) is 10.5 Å². The highest BCUT2D eigenvalue weighted by Gasteiger charge is 2.23. The second-order valence-electron chi connectivity index (χ2n) is 2.63. The van der Waals surface area contributed by atoms with Crippen LogP contribution < -0.4 is 0 Å². The summed E-state index contributed by atoms with van der Waals surface area (Å²) in [6.07, 6.45) is -0.135. The summed E-state index contributed by atoms with van der Waals surface area (Å²) in [5, 5.41) is 15.9. The Kier molecular flexibility index (Phi) is 1.83. The molecular formula is C6H12N2O. The number of hydrogen-bond donors (Lipinski definition) is 2. The van der Waals surface area contributed by atoms with Crippen molar-refractivity contribution in [2.45, 2.75) is 13.0 Å². The zero-order valence-corrected chi connectivity index (χ0v) is 5.59. The average molecular weight is 128 g/mol. The van der Waals surface area contributed by atoms with E-state index >= 15 is 0 Å². The summed E-state index contributed by atoms with van der Waals surface area (Å²) in [6.45, 7) is 3.99. The van der Waals surface area contributed by atoms with E-state index in [0.717, 1.165) is 19.6 Å². The van der Waals surface area contributed by atoms with Gasteiger partial charge in [-0.25, -0.2) is 0 Å². The van der Waals surface area contributed by atoms with Gasteiger partial charge >= 0.3 is 0 Å². The maximum atomic E-state index is 8.82. The van der Waals surface area contributed by atoms with Gasteiger partial charge in [-0.1, -0.05) is 0 Å². The van der Waals surface area contributed by atoms with Crippen LogP contribution in [0.15, 0.2) is 0 Å². The first-order valence-electron chi connectivity index (χ1n) is 3.13. The lowest BCUT2D eigenvalue weighted by molar-refractivity contribution is 0.0123. The van der Waals surface area contributed by atoms with E-state index in [9.17, 15) is 0 Å². The molecule has 1 fully saturated rings. The predicted octanol–water partition coefficient (Wildman–Crippen LogP) is -0.297. The van der Waals surface area contributed by atoms with Crippen LogP contribution >= 0.6 is 0 Å². The average Bonchev–Trinajstić information content (AvgIpc) is 1.60. The molecule has 0 spiro atoms. The zero-order valence-electron chi connectivity index (χ0n) is 5.59. The van der Waals surface area contributed by atoms with Crippen molar-refractivity contribution in [3.63, 3.8) is 0 Å². The molecule has 0 bridgehead atoms. The maximum absolute atomic E-state index is 8.82. The van der Waals surface area contributed by atoms with Gasteiger partial charge in [-0.15, -0.1) is 0 Å². The van der Waals surface area contributed by atoms with Crippen LogP contribution in [0.5, 0.6) is 0 Å². The van der Waals surface area contributed by atoms with Gasteiger partial charge in [-0.05, 0) is 6.92 Å². The lowest BCUT2D eigenvalue weighted by atomic mass is 10.1. The van der Waals surface area contributed by atoms with Gasteiger partial charge in [0.15, 0.2) is 0 Å². The fourth-order valence-electron chi connectivity index (χ4n) is 1.01. The number of aliphatic hydroxyl groups is 1. The van der Waals surface area contributed by atoms with Crippen molar-refractivity contribution in [3.05, 3.63) is 0 Å². The van der Waals surface area contributed by atoms with Crippen LogP contribution in [-0.4, -0.2) is 41.5 Å². The van der Waals surface area contributed by atoms with E-state index in [1.165, 1.54) is 0 Å². The normalized spacial score (nSPS) is 21.6. The summed E-state index contributed by atoms with van der Waals surface area (Å²) in [7, 11) is 0. The molecule has 0 atom stereocenters. The third-order valence-corrected chi connectivity index (χ3v) is 1.40. The standard InChI is InChI=1S/C6H12N2O/c1-5(7)2-8-3-6(9)4-8/h6-7,9H,2-4H2,1H3. The van der Waals surface area contributed by atoms with E-state index in [1.54, 1.807) is 6.92 Å². The highest BCUT2D eigenvalue weighted by molar-refractivity contribution is 5.80. The van der Waals surface area contributed by atoms with E-state index < -0.39 is 0 Å². The molecule has 1 rings (SSSR count). The molecule has 0 aromatic carbocycles. The minimum absolute atomic E-state index is 0.135. The molecule has 1 heterocycles. The molecule has 0 aromatic heterocycles. The third-order valence-electron chi connectivity index (χ3n) is 1.40. The van der Waals surface area contributed by atoms with Crippen molar-refractivity contribution in [2.24, 2.45) is 0 Å². The van der Waals surface area contributed by atoms with Gasteiger partial charge in [0.2, 0.25) is 0 Å². The number of likely N-dealkylation sites (tertiary alicyclic amines) is 1. The van der Waals surface area contributed by atoms with Gasteiger partial charge in [0.25, 0.3) is 0 Å². The van der Waals surface area contributed by atoms with Gasteiger partial charge in [-0.2, -0.15) is 0 Å². The minimum atomic E-state index is -0.135. The molecule has 9 heavy (non-hydrogen) atoms. The Labute approximate surface area is 54.8 Å². The summed E-state index contributed by atoms with van der Waals surface area (Å²) < 4.78 is 0. The molecule has 52 valence electrons.